The van der Waals surface area contributed by atoms with E-state index in [0.29, 0.717) is 48.1 Å². The third kappa shape index (κ3) is 15.3. The van der Waals surface area contributed by atoms with E-state index in [0.717, 1.165) is 64.1 Å². The summed E-state index contributed by atoms with van der Waals surface area (Å²) in [6.07, 6.45) is 0.710. The normalized spacial score (nSPS) is 11.2. The molecule has 0 aliphatic rings. The molecule has 4 nitrogen and oxygen atoms in total. The van der Waals surface area contributed by atoms with Crippen LogP contribution in [-0.4, -0.2) is 53.7 Å². The molecule has 0 aliphatic heterocycles. The molecule has 0 unspecified atom stereocenters. The van der Waals surface area contributed by atoms with Crippen molar-refractivity contribution in [1.29, 1.82) is 0 Å². The molecule has 0 atom stereocenters. The molecule has 6 rings (SSSR count). The average Bonchev–Trinajstić information content (AvgIpc) is 3.24. The van der Waals surface area contributed by atoms with Gasteiger partial charge in [0.25, 0.3) is 0 Å². The van der Waals surface area contributed by atoms with Crippen LogP contribution in [0.2, 0.25) is 0 Å². The summed E-state index contributed by atoms with van der Waals surface area (Å²) in [5.74, 6) is 2.13. The van der Waals surface area contributed by atoms with Gasteiger partial charge < -0.3 is 15.1 Å². The molecule has 0 amide bonds. The molecule has 64 heavy (non-hydrogen) atoms. The Morgan fingerprint density at radius 1 is 0.469 bits per heavy atom. The van der Waals surface area contributed by atoms with Gasteiger partial charge in [-0.15, -0.1) is 24.3 Å². The van der Waals surface area contributed by atoms with Gasteiger partial charge in [0.1, 0.15) is 11.5 Å². The number of hydrogen-bond acceptors (Lipinski definition) is 4. The Labute approximate surface area is 407 Å². The quantitative estimate of drug-likeness (QED) is 0.107. The third-order valence-electron chi connectivity index (χ3n) is 11.6. The summed E-state index contributed by atoms with van der Waals surface area (Å²) in [5.41, 5.74) is 15.7. The van der Waals surface area contributed by atoms with Gasteiger partial charge in [-0.3, -0.25) is 4.90 Å². The molecule has 0 bridgehead atoms. The fourth-order valence-electron chi connectivity index (χ4n) is 8.21. The number of phenols is 2. The predicted molar refractivity (Wildman–Crippen MR) is 272 cm³/mol. The van der Waals surface area contributed by atoms with Gasteiger partial charge in [-0.2, -0.15) is 49.2 Å². The van der Waals surface area contributed by atoms with Crippen LogP contribution in [0.3, 0.4) is 0 Å². The number of hydrogen-bond donors (Lipinski definition) is 2. The molecule has 2 N–H and O–H groups in total. The van der Waals surface area contributed by atoms with Crippen molar-refractivity contribution in [2.24, 2.45) is 0 Å². The van der Waals surface area contributed by atoms with Crippen LogP contribution in [0.15, 0.2) is 121 Å². The number of nitrogens with zero attached hydrogens (tertiary/aromatic N) is 2. The number of aromatic hydroxyl groups is 2. The maximum absolute atomic E-state index is 12.0. The minimum Gasteiger partial charge on any atom is -0.507 e. The zero-order valence-electron chi connectivity index (χ0n) is 41.1. The Bertz CT molecular complexity index is 2240. The van der Waals surface area contributed by atoms with E-state index < -0.39 is 0 Å². The maximum Gasteiger partial charge on any atom is 4.00 e. The van der Waals surface area contributed by atoms with E-state index >= 15 is 0 Å². The molecular weight excluding hydrogens is 860 g/mol. The van der Waals surface area contributed by atoms with Crippen LogP contribution in [0.25, 0.3) is 22.3 Å². The summed E-state index contributed by atoms with van der Waals surface area (Å²) >= 11 is 0. The number of benzene rings is 6. The van der Waals surface area contributed by atoms with E-state index in [-0.39, 0.29) is 26.2 Å². The molecule has 0 fully saturated rings. The van der Waals surface area contributed by atoms with E-state index in [2.05, 4.69) is 168 Å². The number of phenolic OH excluding ortho intramolecular Hbond substituents is 2. The van der Waals surface area contributed by atoms with Crippen molar-refractivity contribution >= 4 is 0 Å². The van der Waals surface area contributed by atoms with Gasteiger partial charge in [0.05, 0.1) is 0 Å². The molecule has 336 valence electrons. The summed E-state index contributed by atoms with van der Waals surface area (Å²) in [5, 5.41) is 23.9. The maximum atomic E-state index is 12.0. The molecule has 0 heterocycles. The van der Waals surface area contributed by atoms with E-state index in [9.17, 15) is 10.2 Å². The Kier molecular flexibility index (Phi) is 21.7. The molecule has 0 aliphatic carbocycles. The monoisotopic (exact) mass is 934 g/mol. The van der Waals surface area contributed by atoms with Gasteiger partial charge in [0.2, 0.25) is 0 Å². The molecule has 5 heteroatoms. The van der Waals surface area contributed by atoms with E-state index in [1.165, 1.54) is 33.4 Å². The first-order valence-electron chi connectivity index (χ1n) is 22.9. The molecule has 6 aromatic carbocycles. The number of likely N-dealkylation sites (N-methyl/N-ethyl adjacent to an activating group) is 1. The Morgan fingerprint density at radius 3 is 1.16 bits per heavy atom. The second-order valence-corrected chi connectivity index (χ2v) is 18.7. The van der Waals surface area contributed by atoms with Crippen molar-refractivity contribution in [2.75, 3.05) is 33.7 Å². The Hall–Kier alpha value is -4.54. The summed E-state index contributed by atoms with van der Waals surface area (Å²) in [6, 6.07) is 41.5. The van der Waals surface area contributed by atoms with Crippen molar-refractivity contribution in [3.8, 4) is 33.8 Å². The number of aryl methyl sites for hydroxylation is 2. The topological polar surface area (TPSA) is 46.9 Å². The smallest absolute Gasteiger partial charge is 0.507 e. The molecule has 0 saturated heterocycles. The van der Waals surface area contributed by atoms with Crippen molar-refractivity contribution in [2.45, 2.75) is 106 Å². The zero-order valence-corrected chi connectivity index (χ0v) is 43.6. The van der Waals surface area contributed by atoms with Gasteiger partial charge in [0.15, 0.2) is 0 Å². The van der Waals surface area contributed by atoms with Crippen LogP contribution < -0.4 is 0 Å². The van der Waals surface area contributed by atoms with Gasteiger partial charge in [-0.1, -0.05) is 116 Å². The Balaban J connectivity index is 0.000000613. The molecule has 0 aromatic heterocycles. The first-order chi connectivity index (χ1) is 29.9. The van der Waals surface area contributed by atoms with Gasteiger partial charge >= 0.3 is 26.2 Å². The standard InChI is InChI=1S/C45H62N2O2.2C7H7.Zr/c1-28(2)36-15-13-16-37(29(3)4)42(36)40-25-32(9)23-34(44(40)48)19-20-47(22-21-46(11)12)27-35-24-33(10)26-41(45(35)49)43-38(30(5)6)17-14-18-39(43)31(7)8;2*1-7-5-3-2-4-6-7;/h13-18,23-26,28-31,48-49H,19-22,27H2,1-12H3;2*2-6H,1H2;/q;2*-1;+4. The number of rotatable bonds is 14. The van der Waals surface area contributed by atoms with Crippen LogP contribution in [0.4, 0.5) is 0 Å². The van der Waals surface area contributed by atoms with E-state index in [4.69, 9.17) is 0 Å². The van der Waals surface area contributed by atoms with E-state index in [1.54, 1.807) is 0 Å². The van der Waals surface area contributed by atoms with Gasteiger partial charge in [-0.25, -0.2) is 0 Å². The van der Waals surface area contributed by atoms with Crippen molar-refractivity contribution in [3.63, 3.8) is 0 Å². The van der Waals surface area contributed by atoms with Crippen LogP contribution >= 0.6 is 0 Å². The predicted octanol–water partition coefficient (Wildman–Crippen LogP) is 14.9. The average molecular weight is 936 g/mol. The van der Waals surface area contributed by atoms with Crippen LogP contribution in [-0.2, 0) is 39.2 Å². The van der Waals surface area contributed by atoms with Crippen LogP contribution in [0, 0.1) is 27.7 Å². The minimum atomic E-state index is 0. The first kappa shape index (κ1) is 53.8. The van der Waals surface area contributed by atoms with Crippen molar-refractivity contribution in [1.82, 2.24) is 9.80 Å². The van der Waals surface area contributed by atoms with E-state index in [1.807, 2.05) is 60.7 Å². The summed E-state index contributed by atoms with van der Waals surface area (Å²) < 4.78 is 0. The third-order valence-corrected chi connectivity index (χ3v) is 11.6. The molecule has 0 saturated carbocycles. The van der Waals surface area contributed by atoms with Gasteiger partial charge in [-0.05, 0) is 120 Å². The Morgan fingerprint density at radius 2 is 0.828 bits per heavy atom. The van der Waals surface area contributed by atoms with Crippen LogP contribution in [0.5, 0.6) is 11.5 Å². The summed E-state index contributed by atoms with van der Waals surface area (Å²) in [4.78, 5) is 4.64. The SMILES string of the molecule is Cc1cc(CCN(CCN(C)C)Cc2cc(C)cc(-c3c(C(C)C)cccc3C(C)C)c2O)c(O)c(-c2c(C(C)C)cccc2C(C)C)c1.[CH2-]c1ccccc1.[CH2-]c1ccccc1.[Zr+4]. The molecule has 6 aromatic rings. The summed E-state index contributed by atoms with van der Waals surface area (Å²) in [6.45, 7) is 32.7. The summed E-state index contributed by atoms with van der Waals surface area (Å²) in [7, 11) is 4.21. The molecule has 0 spiro atoms. The second-order valence-electron chi connectivity index (χ2n) is 18.7. The fourth-order valence-corrected chi connectivity index (χ4v) is 8.21. The van der Waals surface area contributed by atoms with Crippen LogP contribution in [0.1, 0.15) is 135 Å². The largest absolute Gasteiger partial charge is 4.00 e. The minimum absolute atomic E-state index is 0. The first-order valence-corrected chi connectivity index (χ1v) is 22.9. The zero-order chi connectivity index (χ0) is 46.4. The molecular formula is C59H76N2O2Zr+2. The van der Waals surface area contributed by atoms with Crippen molar-refractivity contribution in [3.05, 3.63) is 191 Å². The van der Waals surface area contributed by atoms with Gasteiger partial charge in [0, 0.05) is 42.9 Å². The second kappa shape index (κ2) is 25.8. The van der Waals surface area contributed by atoms with Crippen molar-refractivity contribution < 1.29 is 36.4 Å². The fraction of sp³-hybridized carbons (Fsp3) is 0.356. The molecule has 0 radical (unpaired) electrons.